The number of esters is 1. The third kappa shape index (κ3) is 4.65. The Balaban J connectivity index is 3.96. The largest absolute Gasteiger partial charge is 0.467 e. The Morgan fingerprint density at radius 2 is 2.23 bits per heavy atom. The lowest BCUT2D eigenvalue weighted by Gasteiger charge is -2.17. The van der Waals surface area contributed by atoms with E-state index in [0.717, 1.165) is 0 Å². The molecular formula is C9H16O4. The van der Waals surface area contributed by atoms with Gasteiger partial charge in [-0.2, -0.15) is 0 Å². The molecule has 0 rings (SSSR count). The van der Waals surface area contributed by atoms with Crippen LogP contribution in [0.1, 0.15) is 13.8 Å². The fourth-order valence-electron chi connectivity index (χ4n) is 0.804. The Bertz CT molecular complexity index is 167. The molecule has 0 N–H and O–H groups in total. The fraction of sp³-hybridized carbons (Fsp3) is 0.667. The molecule has 0 fully saturated rings. The predicted octanol–water partition coefficient (Wildman–Crippen LogP) is 1.11. The van der Waals surface area contributed by atoms with E-state index in [-0.39, 0.29) is 0 Å². The van der Waals surface area contributed by atoms with Crippen LogP contribution in [0.25, 0.3) is 0 Å². The van der Waals surface area contributed by atoms with Crippen LogP contribution in [-0.4, -0.2) is 32.1 Å². The Hall–Kier alpha value is -0.870. The van der Waals surface area contributed by atoms with Crippen molar-refractivity contribution >= 4 is 5.97 Å². The van der Waals surface area contributed by atoms with Gasteiger partial charge in [0.25, 0.3) is 0 Å². The molecule has 0 aliphatic rings. The zero-order valence-corrected chi connectivity index (χ0v) is 8.28. The van der Waals surface area contributed by atoms with Gasteiger partial charge >= 0.3 is 5.97 Å². The Morgan fingerprint density at radius 3 is 2.62 bits per heavy atom. The number of carbonyl (C=O) groups is 1. The number of ether oxygens (including phenoxy) is 3. The molecule has 4 nitrogen and oxygen atoms in total. The third-order valence-electron chi connectivity index (χ3n) is 1.39. The van der Waals surface area contributed by atoms with Gasteiger partial charge < -0.3 is 14.2 Å². The van der Waals surface area contributed by atoms with Gasteiger partial charge in [-0.15, -0.1) is 0 Å². The highest BCUT2D eigenvalue weighted by Gasteiger charge is 2.18. The van der Waals surface area contributed by atoms with E-state index in [9.17, 15) is 4.79 Å². The standard InChI is InChI=1S/C9H16O4/c1-5-8(9(10)11-4)13-7(3)12-6-2/h5,7-8H,1,6H2,2-4H3. The smallest absolute Gasteiger partial charge is 0.339 e. The van der Waals surface area contributed by atoms with Crippen LogP contribution in [0.5, 0.6) is 0 Å². The van der Waals surface area contributed by atoms with Crippen LogP contribution in [0.3, 0.4) is 0 Å². The third-order valence-corrected chi connectivity index (χ3v) is 1.39. The second-order valence-electron chi connectivity index (χ2n) is 2.34. The molecule has 0 saturated heterocycles. The molecular weight excluding hydrogens is 172 g/mol. The van der Waals surface area contributed by atoms with E-state index in [2.05, 4.69) is 11.3 Å². The molecule has 0 saturated carbocycles. The van der Waals surface area contributed by atoms with E-state index in [4.69, 9.17) is 9.47 Å². The molecule has 0 amide bonds. The van der Waals surface area contributed by atoms with Crippen LogP contribution < -0.4 is 0 Å². The van der Waals surface area contributed by atoms with Crippen molar-refractivity contribution in [2.75, 3.05) is 13.7 Å². The first-order valence-corrected chi connectivity index (χ1v) is 4.13. The fourth-order valence-corrected chi connectivity index (χ4v) is 0.804. The van der Waals surface area contributed by atoms with Gasteiger partial charge in [0.05, 0.1) is 7.11 Å². The van der Waals surface area contributed by atoms with Crippen LogP contribution in [0, 0.1) is 0 Å². The van der Waals surface area contributed by atoms with E-state index in [1.54, 1.807) is 6.92 Å². The maximum absolute atomic E-state index is 11.0. The molecule has 76 valence electrons. The highest BCUT2D eigenvalue weighted by molar-refractivity contribution is 5.76. The average molecular weight is 188 g/mol. The van der Waals surface area contributed by atoms with E-state index in [1.165, 1.54) is 13.2 Å². The summed E-state index contributed by atoms with van der Waals surface area (Å²) < 4.78 is 14.8. The summed E-state index contributed by atoms with van der Waals surface area (Å²) in [6, 6.07) is 0. The summed E-state index contributed by atoms with van der Waals surface area (Å²) in [5.41, 5.74) is 0. The molecule has 0 bridgehead atoms. The van der Waals surface area contributed by atoms with Crippen molar-refractivity contribution in [3.05, 3.63) is 12.7 Å². The van der Waals surface area contributed by atoms with E-state index in [0.29, 0.717) is 6.61 Å². The maximum Gasteiger partial charge on any atom is 0.339 e. The Morgan fingerprint density at radius 1 is 1.62 bits per heavy atom. The predicted molar refractivity (Wildman–Crippen MR) is 48.2 cm³/mol. The zero-order chi connectivity index (χ0) is 10.3. The van der Waals surface area contributed by atoms with Crippen molar-refractivity contribution < 1.29 is 19.0 Å². The SMILES string of the molecule is C=CC(OC(C)OCC)C(=O)OC. The number of carbonyl (C=O) groups excluding carboxylic acids is 1. The lowest BCUT2D eigenvalue weighted by Crippen LogP contribution is -2.28. The van der Waals surface area contributed by atoms with E-state index in [1.807, 2.05) is 6.92 Å². The molecule has 0 spiro atoms. The number of methoxy groups -OCH3 is 1. The molecule has 2 atom stereocenters. The Kier molecular flexibility index (Phi) is 6.18. The first-order valence-electron chi connectivity index (χ1n) is 4.13. The van der Waals surface area contributed by atoms with Gasteiger partial charge in [-0.25, -0.2) is 4.79 Å². The van der Waals surface area contributed by atoms with Gasteiger partial charge in [0.1, 0.15) is 0 Å². The molecule has 0 aromatic heterocycles. The molecule has 0 aliphatic heterocycles. The maximum atomic E-state index is 11.0. The van der Waals surface area contributed by atoms with Crippen LogP contribution in [0.2, 0.25) is 0 Å². The average Bonchev–Trinajstić information content (AvgIpc) is 2.13. The number of rotatable bonds is 6. The molecule has 0 aromatic rings. The van der Waals surface area contributed by atoms with Crippen molar-refractivity contribution in [2.45, 2.75) is 26.2 Å². The zero-order valence-electron chi connectivity index (χ0n) is 8.28. The van der Waals surface area contributed by atoms with Crippen LogP contribution >= 0.6 is 0 Å². The van der Waals surface area contributed by atoms with Gasteiger partial charge in [-0.1, -0.05) is 12.7 Å². The van der Waals surface area contributed by atoms with Gasteiger partial charge in [-0.05, 0) is 13.8 Å². The summed E-state index contributed by atoms with van der Waals surface area (Å²) in [6.45, 7) is 7.56. The summed E-state index contributed by atoms with van der Waals surface area (Å²) in [4.78, 5) is 11.0. The molecule has 0 aromatic carbocycles. The van der Waals surface area contributed by atoms with E-state index < -0.39 is 18.4 Å². The van der Waals surface area contributed by atoms with Crippen molar-refractivity contribution in [3.8, 4) is 0 Å². The highest BCUT2D eigenvalue weighted by Crippen LogP contribution is 2.02. The summed E-state index contributed by atoms with van der Waals surface area (Å²) in [5.74, 6) is -0.471. The summed E-state index contributed by atoms with van der Waals surface area (Å²) in [6.07, 6.45) is 0.181. The minimum atomic E-state index is -0.758. The number of hydrogen-bond acceptors (Lipinski definition) is 4. The highest BCUT2D eigenvalue weighted by atomic mass is 16.7. The van der Waals surface area contributed by atoms with Crippen LogP contribution in [0.4, 0.5) is 0 Å². The van der Waals surface area contributed by atoms with Gasteiger partial charge in [0.2, 0.25) is 0 Å². The summed E-state index contributed by atoms with van der Waals surface area (Å²) in [7, 11) is 1.30. The van der Waals surface area contributed by atoms with Crippen LogP contribution in [-0.2, 0) is 19.0 Å². The second-order valence-corrected chi connectivity index (χ2v) is 2.34. The Labute approximate surface area is 78.5 Å². The minimum Gasteiger partial charge on any atom is -0.467 e. The van der Waals surface area contributed by atoms with Crippen molar-refractivity contribution in [1.82, 2.24) is 0 Å². The normalized spacial score (nSPS) is 14.7. The van der Waals surface area contributed by atoms with Crippen molar-refractivity contribution in [2.24, 2.45) is 0 Å². The molecule has 2 unspecified atom stereocenters. The molecule has 13 heavy (non-hydrogen) atoms. The van der Waals surface area contributed by atoms with Gasteiger partial charge in [-0.3, -0.25) is 0 Å². The van der Waals surface area contributed by atoms with Gasteiger partial charge in [0.15, 0.2) is 12.4 Å². The summed E-state index contributed by atoms with van der Waals surface area (Å²) >= 11 is 0. The minimum absolute atomic E-state index is 0.438. The monoisotopic (exact) mass is 188 g/mol. The van der Waals surface area contributed by atoms with Crippen LogP contribution in [0.15, 0.2) is 12.7 Å². The van der Waals surface area contributed by atoms with Crippen molar-refractivity contribution in [3.63, 3.8) is 0 Å². The lowest BCUT2D eigenvalue weighted by atomic mass is 10.3. The summed E-state index contributed by atoms with van der Waals surface area (Å²) in [5, 5.41) is 0. The molecule has 0 heterocycles. The van der Waals surface area contributed by atoms with Gasteiger partial charge in [0, 0.05) is 6.61 Å². The number of hydrogen-bond donors (Lipinski definition) is 0. The topological polar surface area (TPSA) is 44.8 Å². The first kappa shape index (κ1) is 12.1. The molecule has 0 aliphatic carbocycles. The molecule has 0 radical (unpaired) electrons. The van der Waals surface area contributed by atoms with E-state index >= 15 is 0 Å². The van der Waals surface area contributed by atoms with Crippen molar-refractivity contribution in [1.29, 1.82) is 0 Å². The second kappa shape index (κ2) is 6.62. The lowest BCUT2D eigenvalue weighted by molar-refractivity contribution is -0.177. The first-order chi connectivity index (χ1) is 6.15. The molecule has 4 heteroatoms. The quantitative estimate of drug-likeness (QED) is 0.356.